The van der Waals surface area contributed by atoms with Crippen LogP contribution in [0, 0.1) is 20.8 Å². The molecule has 0 saturated heterocycles. The molecular formula is C20H24N4O2S. The summed E-state index contributed by atoms with van der Waals surface area (Å²) in [6.45, 7) is 9.27. The molecule has 0 unspecified atom stereocenters. The number of ether oxygens (including phenoxy) is 1. The van der Waals surface area contributed by atoms with Crippen LogP contribution in [0.4, 0.5) is 0 Å². The second-order valence-corrected chi connectivity index (χ2v) is 7.30. The second-order valence-electron chi connectivity index (χ2n) is 6.36. The van der Waals surface area contributed by atoms with Crippen LogP contribution in [0.2, 0.25) is 0 Å². The van der Waals surface area contributed by atoms with Crippen molar-refractivity contribution in [2.45, 2.75) is 46.0 Å². The molecule has 0 amide bonds. The Labute approximate surface area is 163 Å². The van der Waals surface area contributed by atoms with Gasteiger partial charge in [0.1, 0.15) is 12.4 Å². The van der Waals surface area contributed by atoms with Crippen molar-refractivity contribution in [1.29, 1.82) is 0 Å². The zero-order valence-corrected chi connectivity index (χ0v) is 16.9. The maximum Gasteiger partial charge on any atom is 0.208 e. The van der Waals surface area contributed by atoms with Crippen molar-refractivity contribution in [1.82, 2.24) is 19.7 Å². The Hall–Kier alpha value is -2.54. The van der Waals surface area contributed by atoms with Crippen LogP contribution in [0.15, 0.2) is 35.5 Å². The Morgan fingerprint density at radius 3 is 2.74 bits per heavy atom. The number of Topliss-reactive ketones (excluding diaryl/α,β-unsaturated/α-hetero) is 1. The van der Waals surface area contributed by atoms with E-state index in [2.05, 4.69) is 26.7 Å². The number of aryl methyl sites for hydroxylation is 2. The first-order valence-corrected chi connectivity index (χ1v) is 9.90. The highest BCUT2D eigenvalue weighted by Gasteiger charge is 2.16. The lowest BCUT2D eigenvalue weighted by atomic mass is 10.2. The highest BCUT2D eigenvalue weighted by Crippen LogP contribution is 2.21. The molecule has 1 aromatic carbocycles. The molecule has 3 rings (SSSR count). The minimum atomic E-state index is 0.0929. The Morgan fingerprint density at radius 2 is 2.04 bits per heavy atom. The van der Waals surface area contributed by atoms with Crippen molar-refractivity contribution < 1.29 is 9.53 Å². The van der Waals surface area contributed by atoms with E-state index in [1.165, 1.54) is 11.8 Å². The molecule has 27 heavy (non-hydrogen) atoms. The van der Waals surface area contributed by atoms with Crippen LogP contribution in [-0.4, -0.2) is 31.3 Å². The van der Waals surface area contributed by atoms with E-state index in [9.17, 15) is 4.79 Å². The number of rotatable bonds is 8. The molecule has 0 atom stereocenters. The van der Waals surface area contributed by atoms with Gasteiger partial charge in [-0.05, 0) is 45.4 Å². The highest BCUT2D eigenvalue weighted by molar-refractivity contribution is 7.99. The molecule has 6 nitrogen and oxygen atoms in total. The van der Waals surface area contributed by atoms with E-state index < -0.39 is 0 Å². The van der Waals surface area contributed by atoms with Crippen LogP contribution < -0.4 is 4.74 Å². The number of aromatic amines is 1. The van der Waals surface area contributed by atoms with Crippen molar-refractivity contribution in [3.63, 3.8) is 0 Å². The van der Waals surface area contributed by atoms with E-state index in [0.717, 1.165) is 34.8 Å². The van der Waals surface area contributed by atoms with Gasteiger partial charge in [0.05, 0.1) is 5.75 Å². The Morgan fingerprint density at radius 1 is 1.26 bits per heavy atom. The van der Waals surface area contributed by atoms with Gasteiger partial charge in [-0.1, -0.05) is 30.0 Å². The molecule has 0 bridgehead atoms. The molecular weight excluding hydrogens is 360 g/mol. The van der Waals surface area contributed by atoms with Gasteiger partial charge in [0, 0.05) is 23.5 Å². The maximum atomic E-state index is 12.6. The fourth-order valence-electron chi connectivity index (χ4n) is 3.05. The molecule has 0 fully saturated rings. The average Bonchev–Trinajstić information content (AvgIpc) is 3.23. The van der Waals surface area contributed by atoms with E-state index in [-0.39, 0.29) is 5.78 Å². The van der Waals surface area contributed by atoms with Crippen molar-refractivity contribution in [2.24, 2.45) is 0 Å². The average molecular weight is 385 g/mol. The molecule has 7 heteroatoms. The van der Waals surface area contributed by atoms with Gasteiger partial charge in [-0.2, -0.15) is 0 Å². The summed E-state index contributed by atoms with van der Waals surface area (Å²) in [5.41, 5.74) is 3.97. The Bertz CT molecular complexity index is 945. The third-order valence-electron chi connectivity index (χ3n) is 4.49. The number of nitrogens with zero attached hydrogens (tertiary/aromatic N) is 3. The lowest BCUT2D eigenvalue weighted by Gasteiger charge is -2.06. The third kappa shape index (κ3) is 4.42. The standard InChI is InChI=1S/C20H24N4O2S/c1-5-24-14(3)10-16(15(24)4)17(25)12-27-20-21-19(22-23-20)11-26-18-9-7-6-8-13(18)2/h6-10H,5,11-12H2,1-4H3,(H,21,22,23). The summed E-state index contributed by atoms with van der Waals surface area (Å²) in [4.78, 5) is 16.9. The number of nitrogens with one attached hydrogen (secondary N) is 1. The molecule has 3 aromatic rings. The van der Waals surface area contributed by atoms with Crippen LogP contribution >= 0.6 is 11.8 Å². The van der Waals surface area contributed by atoms with Crippen LogP contribution in [0.25, 0.3) is 0 Å². The lowest BCUT2D eigenvalue weighted by molar-refractivity contribution is 0.102. The number of carbonyl (C=O) groups excluding carboxylic acids is 1. The van der Waals surface area contributed by atoms with Gasteiger partial charge in [-0.3, -0.25) is 9.89 Å². The van der Waals surface area contributed by atoms with E-state index in [1.54, 1.807) is 0 Å². The number of carbonyl (C=O) groups is 1. The second kappa shape index (κ2) is 8.43. The summed E-state index contributed by atoms with van der Waals surface area (Å²) in [6, 6.07) is 9.79. The number of H-pyrrole nitrogens is 1. The SMILES string of the molecule is CCn1c(C)cc(C(=O)CSc2n[nH]c(COc3ccccc3C)n2)c1C. The molecule has 1 N–H and O–H groups in total. The van der Waals surface area contributed by atoms with Crippen molar-refractivity contribution >= 4 is 17.5 Å². The number of para-hydroxylation sites is 1. The fraction of sp³-hybridized carbons (Fsp3) is 0.350. The van der Waals surface area contributed by atoms with Gasteiger partial charge < -0.3 is 9.30 Å². The molecule has 0 aliphatic heterocycles. The largest absolute Gasteiger partial charge is 0.485 e. The number of hydrogen-bond acceptors (Lipinski definition) is 5. The number of ketones is 1. The molecule has 142 valence electrons. The summed E-state index contributed by atoms with van der Waals surface area (Å²) < 4.78 is 7.91. The smallest absolute Gasteiger partial charge is 0.208 e. The van der Waals surface area contributed by atoms with Crippen molar-refractivity contribution in [3.05, 3.63) is 58.7 Å². The minimum Gasteiger partial charge on any atom is -0.485 e. The summed E-state index contributed by atoms with van der Waals surface area (Å²) in [6.07, 6.45) is 0. The normalized spacial score (nSPS) is 11.0. The number of hydrogen-bond donors (Lipinski definition) is 1. The van der Waals surface area contributed by atoms with Crippen molar-refractivity contribution in [2.75, 3.05) is 5.75 Å². The summed E-state index contributed by atoms with van der Waals surface area (Å²) in [5, 5.41) is 7.59. The maximum absolute atomic E-state index is 12.6. The quantitative estimate of drug-likeness (QED) is 0.467. The predicted molar refractivity (Wildman–Crippen MR) is 107 cm³/mol. The Balaban J connectivity index is 1.56. The predicted octanol–water partition coefficient (Wildman–Crippen LogP) is 4.11. The van der Waals surface area contributed by atoms with Crippen LogP contribution in [-0.2, 0) is 13.2 Å². The number of aromatic nitrogens is 4. The summed E-state index contributed by atoms with van der Waals surface area (Å²) >= 11 is 1.33. The molecule has 0 saturated carbocycles. The molecule has 0 aliphatic rings. The van der Waals surface area contributed by atoms with E-state index in [1.807, 2.05) is 51.1 Å². The van der Waals surface area contributed by atoms with Crippen LogP contribution in [0.5, 0.6) is 5.75 Å². The molecule has 2 heterocycles. The van der Waals surface area contributed by atoms with Gasteiger partial charge in [0.2, 0.25) is 5.16 Å². The Kier molecular flexibility index (Phi) is 6.01. The van der Waals surface area contributed by atoms with Gasteiger partial charge in [0.25, 0.3) is 0 Å². The monoisotopic (exact) mass is 384 g/mol. The van der Waals surface area contributed by atoms with E-state index in [0.29, 0.717) is 23.3 Å². The fourth-order valence-corrected chi connectivity index (χ4v) is 3.75. The van der Waals surface area contributed by atoms with Gasteiger partial charge in [-0.15, -0.1) is 5.10 Å². The van der Waals surface area contributed by atoms with E-state index >= 15 is 0 Å². The van der Waals surface area contributed by atoms with Gasteiger partial charge >= 0.3 is 0 Å². The number of benzene rings is 1. The molecule has 0 radical (unpaired) electrons. The van der Waals surface area contributed by atoms with Gasteiger partial charge in [-0.25, -0.2) is 4.98 Å². The first kappa shape index (κ1) is 19.2. The number of thioether (sulfide) groups is 1. The summed E-state index contributed by atoms with van der Waals surface area (Å²) in [7, 11) is 0. The van der Waals surface area contributed by atoms with E-state index in [4.69, 9.17) is 4.74 Å². The zero-order chi connectivity index (χ0) is 19.4. The topological polar surface area (TPSA) is 72.8 Å². The lowest BCUT2D eigenvalue weighted by Crippen LogP contribution is -2.06. The summed E-state index contributed by atoms with van der Waals surface area (Å²) in [5.74, 6) is 1.86. The first-order chi connectivity index (χ1) is 13.0. The highest BCUT2D eigenvalue weighted by atomic mass is 32.2. The molecule has 2 aromatic heterocycles. The minimum absolute atomic E-state index is 0.0929. The zero-order valence-electron chi connectivity index (χ0n) is 16.1. The van der Waals surface area contributed by atoms with Gasteiger partial charge in [0.15, 0.2) is 11.6 Å². The van der Waals surface area contributed by atoms with Crippen LogP contribution in [0.3, 0.4) is 0 Å². The van der Waals surface area contributed by atoms with Crippen LogP contribution in [0.1, 0.15) is 40.1 Å². The first-order valence-electron chi connectivity index (χ1n) is 8.92. The third-order valence-corrected chi connectivity index (χ3v) is 5.34. The molecule has 0 aliphatic carbocycles. The molecule has 0 spiro atoms. The van der Waals surface area contributed by atoms with Crippen molar-refractivity contribution in [3.8, 4) is 5.75 Å².